The Morgan fingerprint density at radius 2 is 1.63 bits per heavy atom. The number of hydrogen-bond acceptors (Lipinski definition) is 3. The van der Waals surface area contributed by atoms with Crippen LogP contribution in [0.2, 0.25) is 5.02 Å². The van der Waals surface area contributed by atoms with E-state index in [1.54, 1.807) is 15.9 Å². The molecule has 2 aliphatic rings. The van der Waals surface area contributed by atoms with Crippen molar-refractivity contribution in [2.75, 3.05) is 11.4 Å². The molecule has 6 nitrogen and oxygen atoms in total. The van der Waals surface area contributed by atoms with Crippen molar-refractivity contribution < 1.29 is 14.4 Å². The van der Waals surface area contributed by atoms with Gasteiger partial charge in [-0.25, -0.2) is 0 Å². The maximum Gasteiger partial charge on any atom is 0.258 e. The van der Waals surface area contributed by atoms with Crippen LogP contribution in [0.25, 0.3) is 10.8 Å². The van der Waals surface area contributed by atoms with Crippen molar-refractivity contribution in [3.8, 4) is 0 Å². The summed E-state index contributed by atoms with van der Waals surface area (Å²) in [5.41, 5.74) is 3.45. The summed E-state index contributed by atoms with van der Waals surface area (Å²) in [7, 11) is 0. The van der Waals surface area contributed by atoms with Crippen LogP contribution in [0, 0.1) is 0 Å². The predicted molar refractivity (Wildman–Crippen MR) is 171 cm³/mol. The van der Waals surface area contributed by atoms with Crippen LogP contribution in [-0.4, -0.2) is 41.2 Å². The maximum absolute atomic E-state index is 14.1. The second-order valence-corrected chi connectivity index (χ2v) is 12.0. The lowest BCUT2D eigenvalue weighted by atomic mass is 10.0. The summed E-state index contributed by atoms with van der Waals surface area (Å²) in [5, 5.41) is 5.83. The van der Waals surface area contributed by atoms with Gasteiger partial charge in [-0.2, -0.15) is 0 Å². The first-order chi connectivity index (χ1) is 21.0. The minimum Gasteiger partial charge on any atom is -0.352 e. The van der Waals surface area contributed by atoms with E-state index in [1.807, 2.05) is 84.9 Å². The van der Waals surface area contributed by atoms with Crippen molar-refractivity contribution in [2.24, 2.45) is 0 Å². The number of amides is 3. The van der Waals surface area contributed by atoms with Gasteiger partial charge >= 0.3 is 0 Å². The van der Waals surface area contributed by atoms with Crippen molar-refractivity contribution in [3.63, 3.8) is 0 Å². The monoisotopic (exact) mass is 593 g/mol. The van der Waals surface area contributed by atoms with Crippen LogP contribution >= 0.6 is 11.6 Å². The lowest BCUT2D eigenvalue weighted by Gasteiger charge is -2.32. The Hall–Kier alpha value is -4.16. The number of nitrogens with one attached hydrogen (secondary N) is 1. The van der Waals surface area contributed by atoms with E-state index >= 15 is 0 Å². The lowest BCUT2D eigenvalue weighted by Crippen LogP contribution is -2.52. The molecule has 4 aromatic carbocycles. The van der Waals surface area contributed by atoms with Crippen molar-refractivity contribution in [3.05, 3.63) is 113 Å². The van der Waals surface area contributed by atoms with E-state index in [2.05, 4.69) is 5.32 Å². The van der Waals surface area contributed by atoms with Crippen LogP contribution in [-0.2, 0) is 22.6 Å². The third kappa shape index (κ3) is 6.45. The van der Waals surface area contributed by atoms with E-state index in [1.165, 1.54) is 0 Å². The van der Waals surface area contributed by atoms with E-state index in [9.17, 15) is 14.4 Å². The molecule has 0 bridgehead atoms. The minimum atomic E-state index is -0.680. The van der Waals surface area contributed by atoms with Crippen LogP contribution < -0.4 is 10.2 Å². The Bertz CT molecular complexity index is 1630. The molecule has 43 heavy (non-hydrogen) atoms. The van der Waals surface area contributed by atoms with Crippen molar-refractivity contribution in [1.82, 2.24) is 10.2 Å². The average molecular weight is 594 g/mol. The van der Waals surface area contributed by atoms with Crippen LogP contribution in [0.15, 0.2) is 91.0 Å². The number of hydrogen-bond donors (Lipinski definition) is 1. The summed E-state index contributed by atoms with van der Waals surface area (Å²) < 4.78 is 0. The first-order valence-corrected chi connectivity index (χ1v) is 15.6. The summed E-state index contributed by atoms with van der Waals surface area (Å²) in [6, 6.07) is 28.5. The van der Waals surface area contributed by atoms with E-state index in [-0.39, 0.29) is 36.7 Å². The van der Waals surface area contributed by atoms with Gasteiger partial charge in [0.05, 0.1) is 5.69 Å². The minimum absolute atomic E-state index is 0.0343. The molecule has 0 aromatic heterocycles. The van der Waals surface area contributed by atoms with Crippen LogP contribution in [0.3, 0.4) is 0 Å². The standard InChI is InChI=1S/C36H36ClN3O3/c37-28-15-6-12-26(22-28)24-40(32(23-25-10-2-1-3-11-25)35(42)38-29-16-4-5-17-29)33(41)20-9-21-39-31-19-8-14-27-13-7-18-30(34(27)31)36(39)43/h1-3,6-8,10-15,18-19,22,29,32H,4-5,9,16-17,20-21,23-24H2,(H,38,42). The summed E-state index contributed by atoms with van der Waals surface area (Å²) in [6.45, 7) is 0.684. The molecule has 4 aromatic rings. The predicted octanol–water partition coefficient (Wildman–Crippen LogP) is 6.93. The normalized spacial score (nSPS) is 15.2. The fourth-order valence-electron chi connectivity index (χ4n) is 6.49. The van der Waals surface area contributed by atoms with Gasteiger partial charge in [0.2, 0.25) is 11.8 Å². The Labute approximate surface area is 257 Å². The van der Waals surface area contributed by atoms with Crippen LogP contribution in [0.1, 0.15) is 60.0 Å². The van der Waals surface area contributed by atoms with Gasteiger partial charge in [0.1, 0.15) is 6.04 Å². The molecule has 3 amide bonds. The van der Waals surface area contributed by atoms with Gasteiger partial charge in [-0.1, -0.05) is 91.2 Å². The Balaban J connectivity index is 1.23. The summed E-state index contributed by atoms with van der Waals surface area (Å²) in [5.74, 6) is -0.277. The number of anilines is 1. The third-order valence-corrected chi connectivity index (χ3v) is 8.87. The molecule has 0 saturated heterocycles. The Morgan fingerprint density at radius 3 is 2.40 bits per heavy atom. The van der Waals surface area contributed by atoms with Gasteiger partial charge in [0.15, 0.2) is 0 Å². The third-order valence-electron chi connectivity index (χ3n) is 8.64. The van der Waals surface area contributed by atoms with Gasteiger partial charge < -0.3 is 15.1 Å². The van der Waals surface area contributed by atoms with Crippen molar-refractivity contribution in [1.29, 1.82) is 0 Å². The molecule has 220 valence electrons. The molecule has 0 spiro atoms. The highest BCUT2D eigenvalue weighted by atomic mass is 35.5. The molecule has 1 heterocycles. The number of benzene rings is 4. The van der Waals surface area contributed by atoms with Gasteiger partial charge in [-0.05, 0) is 60.0 Å². The first kappa shape index (κ1) is 28.9. The summed E-state index contributed by atoms with van der Waals surface area (Å²) in [4.78, 5) is 44.7. The topological polar surface area (TPSA) is 69.7 Å². The van der Waals surface area contributed by atoms with Crippen molar-refractivity contribution in [2.45, 2.75) is 63.6 Å². The van der Waals surface area contributed by atoms with Gasteiger partial charge in [-0.3, -0.25) is 14.4 Å². The largest absolute Gasteiger partial charge is 0.352 e. The molecule has 1 saturated carbocycles. The van der Waals surface area contributed by atoms with E-state index in [0.29, 0.717) is 30.0 Å². The Morgan fingerprint density at radius 1 is 0.907 bits per heavy atom. The number of nitrogens with zero attached hydrogens (tertiary/aromatic N) is 2. The molecule has 1 atom stereocenters. The van der Waals surface area contributed by atoms with E-state index < -0.39 is 6.04 Å². The zero-order valence-electron chi connectivity index (χ0n) is 24.2. The number of carbonyl (C=O) groups excluding carboxylic acids is 3. The fraction of sp³-hybridized carbons (Fsp3) is 0.306. The van der Waals surface area contributed by atoms with E-state index in [0.717, 1.165) is 53.3 Å². The van der Waals surface area contributed by atoms with Crippen molar-refractivity contribution >= 4 is 45.8 Å². The number of carbonyl (C=O) groups is 3. The molecule has 1 unspecified atom stereocenters. The highest BCUT2D eigenvalue weighted by Gasteiger charge is 2.33. The SMILES string of the molecule is O=C(NC1CCCC1)C(Cc1ccccc1)N(Cc1cccc(Cl)c1)C(=O)CCCN1C(=O)c2cccc3cccc1c23. The summed E-state index contributed by atoms with van der Waals surface area (Å²) >= 11 is 6.31. The van der Waals surface area contributed by atoms with Crippen LogP contribution in [0.4, 0.5) is 5.69 Å². The molecule has 1 aliphatic heterocycles. The highest BCUT2D eigenvalue weighted by Crippen LogP contribution is 2.37. The average Bonchev–Trinajstić information content (AvgIpc) is 3.63. The van der Waals surface area contributed by atoms with E-state index in [4.69, 9.17) is 11.6 Å². The maximum atomic E-state index is 14.1. The van der Waals surface area contributed by atoms with Crippen LogP contribution in [0.5, 0.6) is 0 Å². The molecule has 1 fully saturated rings. The number of rotatable bonds is 11. The molecular weight excluding hydrogens is 558 g/mol. The molecule has 7 heteroatoms. The zero-order chi connectivity index (χ0) is 29.8. The van der Waals surface area contributed by atoms with Gasteiger partial charge in [-0.15, -0.1) is 0 Å². The van der Waals surface area contributed by atoms with Gasteiger partial charge in [0, 0.05) is 47.9 Å². The summed E-state index contributed by atoms with van der Waals surface area (Å²) in [6.07, 6.45) is 5.23. The molecular formula is C36H36ClN3O3. The van der Waals surface area contributed by atoms with Gasteiger partial charge in [0.25, 0.3) is 5.91 Å². The Kier molecular flexibility index (Phi) is 8.75. The fourth-order valence-corrected chi connectivity index (χ4v) is 6.70. The number of halogens is 1. The first-order valence-electron chi connectivity index (χ1n) is 15.2. The molecule has 6 rings (SSSR count). The highest BCUT2D eigenvalue weighted by molar-refractivity contribution is 6.30. The molecule has 1 N–H and O–H groups in total. The smallest absolute Gasteiger partial charge is 0.258 e. The zero-order valence-corrected chi connectivity index (χ0v) is 24.9. The molecule has 1 aliphatic carbocycles. The second-order valence-electron chi connectivity index (χ2n) is 11.6. The second kappa shape index (κ2) is 13.0. The molecule has 0 radical (unpaired) electrons. The quantitative estimate of drug-likeness (QED) is 0.205. The lowest BCUT2D eigenvalue weighted by molar-refractivity contribution is -0.141.